The van der Waals surface area contributed by atoms with E-state index in [9.17, 15) is 4.79 Å². The molecule has 1 saturated carbocycles. The average molecular weight is 269 g/mol. The topological polar surface area (TPSA) is 52.3 Å². The minimum Gasteiger partial charge on any atom is -0.462 e. The van der Waals surface area contributed by atoms with Crippen LogP contribution in [0.15, 0.2) is 0 Å². The largest absolute Gasteiger partial charge is 0.462 e. The lowest BCUT2D eigenvalue weighted by Gasteiger charge is -2.28. The van der Waals surface area contributed by atoms with Crippen molar-refractivity contribution in [3.05, 3.63) is 0 Å². The molecule has 0 amide bonds. The summed E-state index contributed by atoms with van der Waals surface area (Å²) in [6.45, 7) is 5.11. The Morgan fingerprint density at radius 1 is 1.26 bits per heavy atom. The Morgan fingerprint density at radius 2 is 2.00 bits per heavy atom. The molecule has 1 aliphatic carbocycles. The second-order valence-electron chi connectivity index (χ2n) is 6.06. The van der Waals surface area contributed by atoms with E-state index in [1.165, 1.54) is 32.1 Å². The number of rotatable bonds is 8. The van der Waals surface area contributed by atoms with Crippen LogP contribution in [0.3, 0.4) is 0 Å². The van der Waals surface area contributed by atoms with Crippen molar-refractivity contribution in [2.24, 2.45) is 17.6 Å². The van der Waals surface area contributed by atoms with Gasteiger partial charge in [0.25, 0.3) is 0 Å². The Balaban J connectivity index is 2.25. The van der Waals surface area contributed by atoms with E-state index in [4.69, 9.17) is 10.5 Å². The smallest absolute Gasteiger partial charge is 0.306 e. The third-order valence-electron chi connectivity index (χ3n) is 4.34. The highest BCUT2D eigenvalue weighted by molar-refractivity contribution is 5.69. The summed E-state index contributed by atoms with van der Waals surface area (Å²) in [5, 5.41) is 0. The molecule has 19 heavy (non-hydrogen) atoms. The Kier molecular flexibility index (Phi) is 8.11. The maximum Gasteiger partial charge on any atom is 0.306 e. The van der Waals surface area contributed by atoms with E-state index >= 15 is 0 Å². The lowest BCUT2D eigenvalue weighted by atomic mass is 9.88. The van der Waals surface area contributed by atoms with Gasteiger partial charge in [-0.25, -0.2) is 0 Å². The first-order valence-corrected chi connectivity index (χ1v) is 8.06. The fourth-order valence-corrected chi connectivity index (χ4v) is 3.08. The molecule has 0 radical (unpaired) electrons. The minimum absolute atomic E-state index is 0.00289. The minimum atomic E-state index is -0.00289. The van der Waals surface area contributed by atoms with Crippen molar-refractivity contribution >= 4 is 5.97 Å². The van der Waals surface area contributed by atoms with Gasteiger partial charge >= 0.3 is 5.97 Å². The van der Waals surface area contributed by atoms with Gasteiger partial charge in [-0.3, -0.25) is 4.79 Å². The number of esters is 1. The summed E-state index contributed by atoms with van der Waals surface area (Å²) in [6, 6.07) is 0. The summed E-state index contributed by atoms with van der Waals surface area (Å²) in [4.78, 5) is 11.9. The molecule has 0 saturated heterocycles. The summed E-state index contributed by atoms with van der Waals surface area (Å²) in [7, 11) is 0. The normalized spacial score (nSPS) is 25.0. The van der Waals surface area contributed by atoms with Crippen LogP contribution in [-0.4, -0.2) is 18.6 Å². The van der Waals surface area contributed by atoms with E-state index < -0.39 is 0 Å². The van der Waals surface area contributed by atoms with Crippen molar-refractivity contribution in [3.63, 3.8) is 0 Å². The Hall–Kier alpha value is -0.570. The molecule has 1 rings (SSSR count). The maximum absolute atomic E-state index is 11.9. The third kappa shape index (κ3) is 6.42. The van der Waals surface area contributed by atoms with E-state index in [1.54, 1.807) is 0 Å². The summed E-state index contributed by atoms with van der Waals surface area (Å²) in [6.07, 6.45) is 9.76. The molecule has 2 N–H and O–H groups in total. The number of hydrogen-bond acceptors (Lipinski definition) is 3. The molecule has 0 aliphatic heterocycles. The number of carbonyl (C=O) groups excluding carboxylic acids is 1. The zero-order valence-corrected chi connectivity index (χ0v) is 12.7. The molecule has 3 heteroatoms. The van der Waals surface area contributed by atoms with Crippen molar-refractivity contribution in [1.29, 1.82) is 0 Å². The molecule has 0 bridgehead atoms. The van der Waals surface area contributed by atoms with E-state index in [-0.39, 0.29) is 12.1 Å². The summed E-state index contributed by atoms with van der Waals surface area (Å²) in [5.74, 6) is 1.12. The molecular weight excluding hydrogens is 238 g/mol. The summed E-state index contributed by atoms with van der Waals surface area (Å²) in [5.41, 5.74) is 5.62. The molecule has 3 atom stereocenters. The fourth-order valence-electron chi connectivity index (χ4n) is 3.08. The standard InChI is InChI=1S/C16H31NO2/c1-3-6-14(11-12-17)9-10-16(18)19-15-8-5-4-7-13(15)2/h13-15H,3-12,17H2,1-2H3. The van der Waals surface area contributed by atoms with Crippen LogP contribution in [0.25, 0.3) is 0 Å². The molecule has 0 heterocycles. The molecule has 0 spiro atoms. The number of carbonyl (C=O) groups is 1. The third-order valence-corrected chi connectivity index (χ3v) is 4.34. The van der Waals surface area contributed by atoms with Gasteiger partial charge in [-0.15, -0.1) is 0 Å². The van der Waals surface area contributed by atoms with Crippen LogP contribution < -0.4 is 5.73 Å². The molecule has 0 aromatic heterocycles. The Morgan fingerprint density at radius 3 is 2.63 bits per heavy atom. The average Bonchev–Trinajstić information content (AvgIpc) is 2.39. The highest BCUT2D eigenvalue weighted by atomic mass is 16.5. The monoisotopic (exact) mass is 269 g/mol. The molecule has 3 unspecified atom stereocenters. The first-order chi connectivity index (χ1) is 9.17. The number of hydrogen-bond donors (Lipinski definition) is 1. The fraction of sp³-hybridized carbons (Fsp3) is 0.938. The molecule has 0 aromatic carbocycles. The second-order valence-corrected chi connectivity index (χ2v) is 6.06. The molecule has 1 fully saturated rings. The molecule has 1 aliphatic rings. The van der Waals surface area contributed by atoms with Crippen LogP contribution in [0.2, 0.25) is 0 Å². The van der Waals surface area contributed by atoms with Crippen LogP contribution in [-0.2, 0) is 9.53 Å². The van der Waals surface area contributed by atoms with Gasteiger partial charge in [0, 0.05) is 6.42 Å². The summed E-state index contributed by atoms with van der Waals surface area (Å²) >= 11 is 0. The van der Waals surface area contributed by atoms with E-state index in [1.807, 2.05) is 0 Å². The summed E-state index contributed by atoms with van der Waals surface area (Å²) < 4.78 is 5.64. The highest BCUT2D eigenvalue weighted by Gasteiger charge is 2.24. The maximum atomic E-state index is 11.9. The lowest BCUT2D eigenvalue weighted by molar-refractivity contribution is -0.153. The lowest BCUT2D eigenvalue weighted by Crippen LogP contribution is -2.28. The molecule has 3 nitrogen and oxygen atoms in total. The Labute approximate surface area is 118 Å². The van der Waals surface area contributed by atoms with Gasteiger partial charge in [0.15, 0.2) is 0 Å². The SMILES string of the molecule is CCCC(CCN)CCC(=O)OC1CCCCC1C. The highest BCUT2D eigenvalue weighted by Crippen LogP contribution is 2.27. The van der Waals surface area contributed by atoms with Crippen LogP contribution in [0.5, 0.6) is 0 Å². The van der Waals surface area contributed by atoms with Crippen LogP contribution in [0.4, 0.5) is 0 Å². The van der Waals surface area contributed by atoms with Crippen molar-refractivity contribution in [3.8, 4) is 0 Å². The van der Waals surface area contributed by atoms with Crippen LogP contribution >= 0.6 is 0 Å². The van der Waals surface area contributed by atoms with Crippen molar-refractivity contribution < 1.29 is 9.53 Å². The quantitative estimate of drug-likeness (QED) is 0.684. The molecule has 0 aromatic rings. The van der Waals surface area contributed by atoms with Gasteiger partial charge in [-0.2, -0.15) is 0 Å². The zero-order valence-electron chi connectivity index (χ0n) is 12.7. The predicted molar refractivity (Wildman–Crippen MR) is 78.8 cm³/mol. The predicted octanol–water partition coefficient (Wildman–Crippen LogP) is 3.65. The van der Waals surface area contributed by atoms with Gasteiger partial charge in [0.2, 0.25) is 0 Å². The van der Waals surface area contributed by atoms with Gasteiger partial charge in [0.1, 0.15) is 6.10 Å². The van der Waals surface area contributed by atoms with Gasteiger partial charge in [-0.1, -0.05) is 33.1 Å². The van der Waals surface area contributed by atoms with Crippen LogP contribution in [0.1, 0.15) is 71.6 Å². The Bertz CT molecular complexity index is 249. The van der Waals surface area contributed by atoms with Gasteiger partial charge < -0.3 is 10.5 Å². The van der Waals surface area contributed by atoms with E-state index in [0.29, 0.717) is 18.3 Å². The van der Waals surface area contributed by atoms with E-state index in [0.717, 1.165) is 25.8 Å². The number of nitrogens with two attached hydrogens (primary N) is 1. The van der Waals surface area contributed by atoms with Crippen molar-refractivity contribution in [1.82, 2.24) is 0 Å². The number of ether oxygens (including phenoxy) is 1. The van der Waals surface area contributed by atoms with E-state index in [2.05, 4.69) is 13.8 Å². The molecule has 112 valence electrons. The first kappa shape index (κ1) is 16.5. The first-order valence-electron chi connectivity index (χ1n) is 8.06. The van der Waals surface area contributed by atoms with Gasteiger partial charge in [0.05, 0.1) is 0 Å². The van der Waals surface area contributed by atoms with Crippen molar-refractivity contribution in [2.75, 3.05) is 6.54 Å². The van der Waals surface area contributed by atoms with Gasteiger partial charge in [-0.05, 0) is 50.5 Å². The van der Waals surface area contributed by atoms with Crippen LogP contribution in [0, 0.1) is 11.8 Å². The van der Waals surface area contributed by atoms with Crippen molar-refractivity contribution in [2.45, 2.75) is 77.7 Å². The molecular formula is C16H31NO2. The zero-order chi connectivity index (χ0) is 14.1. The second kappa shape index (κ2) is 9.35.